The number of thiocarbonyl (C=S) groups is 1. The van der Waals surface area contributed by atoms with Crippen molar-refractivity contribution in [1.82, 2.24) is 4.98 Å². The lowest BCUT2D eigenvalue weighted by Gasteiger charge is -2.15. The summed E-state index contributed by atoms with van der Waals surface area (Å²) in [6.07, 6.45) is 4.96. The number of rotatable bonds is 1. The van der Waals surface area contributed by atoms with E-state index in [0.717, 1.165) is 17.6 Å². The minimum Gasteiger partial charge on any atom is -0.396 e. The van der Waals surface area contributed by atoms with Crippen molar-refractivity contribution in [3.8, 4) is 11.3 Å². The zero-order valence-electron chi connectivity index (χ0n) is 10.9. The van der Waals surface area contributed by atoms with E-state index >= 15 is 0 Å². The monoisotopic (exact) mass is 270 g/mol. The van der Waals surface area contributed by atoms with Gasteiger partial charge in [0.1, 0.15) is 0 Å². The van der Waals surface area contributed by atoms with Crippen LogP contribution in [0.25, 0.3) is 11.3 Å². The molecule has 0 atom stereocenters. The van der Waals surface area contributed by atoms with E-state index in [1.807, 2.05) is 6.07 Å². The van der Waals surface area contributed by atoms with E-state index in [0.29, 0.717) is 0 Å². The fourth-order valence-electron chi connectivity index (χ4n) is 2.35. The first-order valence-electron chi connectivity index (χ1n) is 6.54. The molecule has 2 nitrogen and oxygen atoms in total. The zero-order chi connectivity index (χ0) is 13.5. The van der Waals surface area contributed by atoms with Crippen molar-refractivity contribution in [3.63, 3.8) is 0 Å². The van der Waals surface area contributed by atoms with E-state index < -0.39 is 0 Å². The molecule has 0 amide bonds. The van der Waals surface area contributed by atoms with Crippen LogP contribution < -0.4 is 5.73 Å². The quantitative estimate of drug-likeness (QED) is 0.806. The van der Waals surface area contributed by atoms with E-state index in [2.05, 4.69) is 54.3 Å². The lowest BCUT2D eigenvalue weighted by Crippen LogP contribution is -2.05. The van der Waals surface area contributed by atoms with Crippen LogP contribution in [0.1, 0.15) is 24.1 Å². The largest absolute Gasteiger partial charge is 0.396 e. The molecule has 1 aromatic carbocycles. The Morgan fingerprint density at radius 3 is 2.42 bits per heavy atom. The van der Waals surface area contributed by atoms with Crippen molar-refractivity contribution in [1.29, 1.82) is 0 Å². The highest BCUT2D eigenvalue weighted by atomic mass is 32.1. The van der Waals surface area contributed by atoms with Crippen LogP contribution in [0, 0.1) is 0 Å². The molecule has 98 valence electrons. The maximum absolute atomic E-state index is 4.78. The van der Waals surface area contributed by atoms with Crippen molar-refractivity contribution < 1.29 is 0 Å². The Balaban J connectivity index is 0.000000408. The van der Waals surface area contributed by atoms with Crippen LogP contribution in [0.4, 0.5) is 0 Å². The third-order valence-corrected chi connectivity index (χ3v) is 3.25. The van der Waals surface area contributed by atoms with Crippen molar-refractivity contribution in [2.75, 3.05) is 0 Å². The van der Waals surface area contributed by atoms with Crippen molar-refractivity contribution in [2.24, 2.45) is 5.73 Å². The fraction of sp³-hybridized carbons (Fsp3) is 0.250. The van der Waals surface area contributed by atoms with E-state index in [9.17, 15) is 0 Å². The Hall–Kier alpha value is -1.74. The topological polar surface area (TPSA) is 38.9 Å². The van der Waals surface area contributed by atoms with Crippen LogP contribution in [0.2, 0.25) is 0 Å². The number of aryl methyl sites for hydroxylation is 2. The van der Waals surface area contributed by atoms with Crippen molar-refractivity contribution >= 4 is 17.7 Å². The molecule has 0 saturated carbocycles. The van der Waals surface area contributed by atoms with Gasteiger partial charge in [-0.05, 0) is 37.3 Å². The summed E-state index contributed by atoms with van der Waals surface area (Å²) in [5.74, 6) is 0. The molecule has 0 unspecified atom stereocenters. The number of hydrogen-bond acceptors (Lipinski definition) is 2. The predicted molar refractivity (Wildman–Crippen MR) is 84.2 cm³/mol. The highest BCUT2D eigenvalue weighted by Gasteiger charge is 2.11. The molecule has 3 rings (SSSR count). The number of hydrogen-bond donors (Lipinski definition) is 1. The third-order valence-electron chi connectivity index (χ3n) is 3.25. The lowest BCUT2D eigenvalue weighted by atomic mass is 9.95. The Bertz CT molecular complexity index is 538. The van der Waals surface area contributed by atoms with E-state index in [4.69, 9.17) is 4.98 Å². The second kappa shape index (κ2) is 7.00. The number of aromatic nitrogens is 1. The Labute approximate surface area is 119 Å². The standard InChI is InChI=1S/C15H15N.CH3NS/c1-2-6-12(7-3-1)15-11-10-13-8-4-5-9-14(13)16-15;2-1-3/h1-3,6-7,10-11H,4-5,8-9H2;1H,(H2,2,3). The van der Waals surface area contributed by atoms with Gasteiger partial charge in [-0.1, -0.05) is 48.6 Å². The summed E-state index contributed by atoms with van der Waals surface area (Å²) in [6.45, 7) is 0. The van der Waals surface area contributed by atoms with E-state index in [-0.39, 0.29) is 0 Å². The van der Waals surface area contributed by atoms with Gasteiger partial charge in [-0.3, -0.25) is 4.98 Å². The normalized spacial score (nSPS) is 12.8. The molecule has 1 aromatic heterocycles. The lowest BCUT2D eigenvalue weighted by molar-refractivity contribution is 0.668. The molecule has 0 spiro atoms. The van der Waals surface area contributed by atoms with Crippen molar-refractivity contribution in [3.05, 3.63) is 53.7 Å². The summed E-state index contributed by atoms with van der Waals surface area (Å²) in [5.41, 5.74) is 10.7. The molecule has 1 aliphatic carbocycles. The summed E-state index contributed by atoms with van der Waals surface area (Å²) in [4.78, 5) is 4.78. The molecule has 0 radical (unpaired) electrons. The van der Waals surface area contributed by atoms with Gasteiger partial charge in [-0.15, -0.1) is 0 Å². The van der Waals surface area contributed by atoms with Gasteiger partial charge in [-0.2, -0.15) is 0 Å². The summed E-state index contributed by atoms with van der Waals surface area (Å²) in [5, 5.41) is 0. The average molecular weight is 270 g/mol. The Kier molecular flexibility index (Phi) is 5.04. The number of nitrogens with two attached hydrogens (primary N) is 1. The van der Waals surface area contributed by atoms with E-state index in [1.54, 1.807) is 0 Å². The highest BCUT2D eigenvalue weighted by Crippen LogP contribution is 2.23. The van der Waals surface area contributed by atoms with Gasteiger partial charge >= 0.3 is 0 Å². The smallest absolute Gasteiger partial charge is 0.0705 e. The predicted octanol–water partition coefficient (Wildman–Crippen LogP) is 3.53. The summed E-state index contributed by atoms with van der Waals surface area (Å²) >= 11 is 4.05. The van der Waals surface area contributed by atoms with Gasteiger partial charge in [0.05, 0.1) is 11.2 Å². The first kappa shape index (κ1) is 13.7. The minimum absolute atomic E-state index is 1.08. The molecule has 2 N–H and O–H groups in total. The zero-order valence-corrected chi connectivity index (χ0v) is 11.7. The minimum atomic E-state index is 1.08. The third kappa shape index (κ3) is 3.61. The van der Waals surface area contributed by atoms with Crippen LogP contribution in [-0.2, 0) is 12.8 Å². The fourth-order valence-corrected chi connectivity index (χ4v) is 2.35. The average Bonchev–Trinajstić information content (AvgIpc) is 2.48. The van der Waals surface area contributed by atoms with Crippen LogP contribution in [0.5, 0.6) is 0 Å². The van der Waals surface area contributed by atoms with E-state index in [1.165, 1.54) is 36.1 Å². The molecular formula is C16H18N2S. The first-order valence-corrected chi connectivity index (χ1v) is 7.02. The molecule has 1 aliphatic rings. The molecular weight excluding hydrogens is 252 g/mol. The van der Waals surface area contributed by atoms with Crippen LogP contribution in [0.3, 0.4) is 0 Å². The highest BCUT2D eigenvalue weighted by molar-refractivity contribution is 7.78. The molecule has 0 aliphatic heterocycles. The van der Waals surface area contributed by atoms with Gasteiger partial charge in [0.25, 0.3) is 0 Å². The van der Waals surface area contributed by atoms with Gasteiger partial charge < -0.3 is 5.73 Å². The number of fused-ring (bicyclic) bond motifs is 1. The Morgan fingerprint density at radius 2 is 1.68 bits per heavy atom. The molecule has 3 heteroatoms. The number of pyridine rings is 1. The van der Waals surface area contributed by atoms with Crippen LogP contribution in [-0.4, -0.2) is 10.5 Å². The number of nitrogens with zero attached hydrogens (tertiary/aromatic N) is 1. The summed E-state index contributed by atoms with van der Waals surface area (Å²) in [6, 6.07) is 14.8. The second-order valence-electron chi connectivity index (χ2n) is 4.51. The number of benzene rings is 1. The molecule has 0 fully saturated rings. The van der Waals surface area contributed by atoms with Crippen molar-refractivity contribution in [2.45, 2.75) is 25.7 Å². The van der Waals surface area contributed by atoms with Gasteiger partial charge in [0.15, 0.2) is 0 Å². The second-order valence-corrected chi connectivity index (χ2v) is 4.78. The molecule has 0 saturated heterocycles. The van der Waals surface area contributed by atoms with Gasteiger partial charge in [0.2, 0.25) is 0 Å². The maximum atomic E-state index is 4.78. The SMILES string of the molecule is NC=S.c1ccc(-c2ccc3c(n2)CCCC3)cc1. The maximum Gasteiger partial charge on any atom is 0.0705 e. The first-order chi connectivity index (χ1) is 9.35. The summed E-state index contributed by atoms with van der Waals surface area (Å²) < 4.78 is 0. The van der Waals surface area contributed by atoms with Gasteiger partial charge in [-0.25, -0.2) is 0 Å². The summed E-state index contributed by atoms with van der Waals surface area (Å²) in [7, 11) is 0. The molecule has 1 heterocycles. The van der Waals surface area contributed by atoms with Crippen LogP contribution >= 0.6 is 12.2 Å². The molecule has 0 bridgehead atoms. The molecule has 2 aromatic rings. The van der Waals surface area contributed by atoms with Gasteiger partial charge in [0, 0.05) is 11.3 Å². The molecule has 19 heavy (non-hydrogen) atoms. The Morgan fingerprint density at radius 1 is 1.00 bits per heavy atom. The van der Waals surface area contributed by atoms with Crippen LogP contribution in [0.15, 0.2) is 42.5 Å².